The number of nitrogens with zero attached hydrogens (tertiary/aromatic N) is 3. The first-order chi connectivity index (χ1) is 9.61. The van der Waals surface area contributed by atoms with Gasteiger partial charge in [-0.25, -0.2) is 4.98 Å². The highest BCUT2D eigenvalue weighted by molar-refractivity contribution is 5.74. The first-order valence-corrected chi connectivity index (χ1v) is 7.62. The zero-order chi connectivity index (χ0) is 14.2. The fourth-order valence-electron chi connectivity index (χ4n) is 4.15. The number of likely N-dealkylation sites (tertiary alicyclic amines) is 2. The van der Waals surface area contributed by atoms with Crippen LogP contribution in [0.3, 0.4) is 0 Å². The summed E-state index contributed by atoms with van der Waals surface area (Å²) in [6.07, 6.45) is 8.24. The minimum Gasteiger partial charge on any atom is -0.348 e. The molecule has 0 aromatic carbocycles. The Kier molecular flexibility index (Phi) is 3.54. The molecular formula is C15H24N4O. The van der Waals surface area contributed by atoms with Gasteiger partial charge in [0.2, 0.25) is 5.91 Å². The van der Waals surface area contributed by atoms with Gasteiger partial charge in [-0.05, 0) is 39.2 Å². The van der Waals surface area contributed by atoms with Gasteiger partial charge in [-0.2, -0.15) is 0 Å². The third-order valence-electron chi connectivity index (χ3n) is 5.05. The molecule has 2 saturated heterocycles. The van der Waals surface area contributed by atoms with Crippen molar-refractivity contribution in [3.05, 3.63) is 18.2 Å². The number of rotatable bonds is 2. The summed E-state index contributed by atoms with van der Waals surface area (Å²) in [6, 6.07) is 0.457. The molecule has 5 heteroatoms. The zero-order valence-electron chi connectivity index (χ0n) is 12.4. The van der Waals surface area contributed by atoms with Crippen molar-refractivity contribution in [3.63, 3.8) is 0 Å². The van der Waals surface area contributed by atoms with Crippen molar-refractivity contribution in [1.82, 2.24) is 19.8 Å². The fraction of sp³-hybridized carbons (Fsp3) is 0.733. The highest BCUT2D eigenvalue weighted by Crippen LogP contribution is 2.39. The lowest BCUT2D eigenvalue weighted by atomic mass is 9.76. The summed E-state index contributed by atoms with van der Waals surface area (Å²) in [5, 5.41) is 0. The van der Waals surface area contributed by atoms with Crippen molar-refractivity contribution in [3.8, 4) is 0 Å². The lowest BCUT2D eigenvalue weighted by Gasteiger charge is -2.56. The van der Waals surface area contributed by atoms with E-state index in [0.29, 0.717) is 6.04 Å². The number of hydrogen-bond donors (Lipinski definition) is 1. The summed E-state index contributed by atoms with van der Waals surface area (Å²) >= 11 is 0. The minimum absolute atomic E-state index is 0.00503. The molecule has 0 radical (unpaired) electrons. The molecule has 2 aliphatic heterocycles. The number of piperidine rings is 2. The Morgan fingerprint density at radius 1 is 1.50 bits per heavy atom. The van der Waals surface area contributed by atoms with Gasteiger partial charge in [0.1, 0.15) is 5.82 Å². The molecule has 1 N–H and O–H groups in total. The zero-order valence-corrected chi connectivity index (χ0v) is 12.4. The first-order valence-electron chi connectivity index (χ1n) is 7.62. The van der Waals surface area contributed by atoms with E-state index in [1.807, 2.05) is 6.20 Å². The number of carbonyl (C=O) groups excluding carboxylic acids is 1. The Labute approximate surface area is 120 Å². The SMILES string of the molecule is CC(=O)N1CCC[C@H]2N(Cc3ncc[nH]3)CCC[C@@]21C. The Morgan fingerprint density at radius 3 is 3.05 bits per heavy atom. The van der Waals surface area contributed by atoms with Crippen LogP contribution >= 0.6 is 0 Å². The van der Waals surface area contributed by atoms with Crippen molar-refractivity contribution < 1.29 is 4.79 Å². The van der Waals surface area contributed by atoms with Gasteiger partial charge < -0.3 is 9.88 Å². The number of aromatic amines is 1. The van der Waals surface area contributed by atoms with E-state index >= 15 is 0 Å². The van der Waals surface area contributed by atoms with Crippen molar-refractivity contribution in [1.29, 1.82) is 0 Å². The number of nitrogens with one attached hydrogen (secondary N) is 1. The van der Waals surface area contributed by atoms with Gasteiger partial charge in [0.05, 0.1) is 12.1 Å². The maximum atomic E-state index is 12.0. The lowest BCUT2D eigenvalue weighted by molar-refractivity contribution is -0.145. The van der Waals surface area contributed by atoms with Crippen LogP contribution in [0, 0.1) is 0 Å². The summed E-state index contributed by atoms with van der Waals surface area (Å²) in [7, 11) is 0. The molecule has 0 saturated carbocycles. The summed E-state index contributed by atoms with van der Waals surface area (Å²) < 4.78 is 0. The average molecular weight is 276 g/mol. The van der Waals surface area contributed by atoms with E-state index in [2.05, 4.69) is 26.7 Å². The second kappa shape index (κ2) is 5.20. The van der Waals surface area contributed by atoms with Crippen LogP contribution in [0.25, 0.3) is 0 Å². The van der Waals surface area contributed by atoms with E-state index in [9.17, 15) is 4.79 Å². The quantitative estimate of drug-likeness (QED) is 0.895. The van der Waals surface area contributed by atoms with Crippen LogP contribution in [0.15, 0.2) is 12.4 Å². The standard InChI is InChI=1S/C15H24N4O/c1-12(20)19-10-3-5-13-15(19,2)6-4-9-18(13)11-14-16-7-8-17-14/h7-8,13H,3-6,9-11H2,1-2H3,(H,16,17)/t13-,15+/m1/s1. The summed E-state index contributed by atoms with van der Waals surface area (Å²) in [6.45, 7) is 6.86. The molecule has 5 nitrogen and oxygen atoms in total. The van der Waals surface area contributed by atoms with Crippen molar-refractivity contribution in [2.24, 2.45) is 0 Å². The molecule has 3 rings (SSSR count). The molecule has 2 atom stereocenters. The number of aromatic nitrogens is 2. The predicted molar refractivity (Wildman–Crippen MR) is 77.0 cm³/mol. The summed E-state index contributed by atoms with van der Waals surface area (Å²) in [5.74, 6) is 1.24. The molecule has 3 heterocycles. The number of hydrogen-bond acceptors (Lipinski definition) is 3. The minimum atomic E-state index is -0.00503. The highest BCUT2D eigenvalue weighted by atomic mass is 16.2. The van der Waals surface area contributed by atoms with Gasteiger partial charge in [0.15, 0.2) is 0 Å². The van der Waals surface area contributed by atoms with E-state index in [4.69, 9.17) is 0 Å². The van der Waals surface area contributed by atoms with Crippen LogP contribution in [0.1, 0.15) is 45.4 Å². The summed E-state index contributed by atoms with van der Waals surface area (Å²) in [4.78, 5) is 24.1. The second-order valence-corrected chi connectivity index (χ2v) is 6.30. The molecule has 2 aliphatic rings. The predicted octanol–water partition coefficient (Wildman–Crippen LogP) is 1.78. The van der Waals surface area contributed by atoms with E-state index in [-0.39, 0.29) is 11.4 Å². The normalized spacial score (nSPS) is 31.1. The van der Waals surface area contributed by atoms with Gasteiger partial charge in [0.25, 0.3) is 0 Å². The Balaban J connectivity index is 1.82. The topological polar surface area (TPSA) is 52.2 Å². The van der Waals surface area contributed by atoms with E-state index in [1.54, 1.807) is 13.1 Å². The average Bonchev–Trinajstić information content (AvgIpc) is 2.90. The third kappa shape index (κ3) is 2.24. The van der Waals surface area contributed by atoms with Gasteiger partial charge >= 0.3 is 0 Å². The molecular weight excluding hydrogens is 252 g/mol. The van der Waals surface area contributed by atoms with Crippen LogP contribution < -0.4 is 0 Å². The van der Waals surface area contributed by atoms with Crippen LogP contribution in [-0.2, 0) is 11.3 Å². The maximum Gasteiger partial charge on any atom is 0.219 e. The van der Waals surface area contributed by atoms with Crippen LogP contribution in [0.4, 0.5) is 0 Å². The Morgan fingerprint density at radius 2 is 2.35 bits per heavy atom. The molecule has 1 aromatic rings. The number of fused-ring (bicyclic) bond motifs is 1. The molecule has 20 heavy (non-hydrogen) atoms. The molecule has 0 bridgehead atoms. The van der Waals surface area contributed by atoms with Gasteiger partial charge in [-0.3, -0.25) is 9.69 Å². The Hall–Kier alpha value is -1.36. The number of carbonyl (C=O) groups is 1. The van der Waals surface area contributed by atoms with Crippen molar-refractivity contribution >= 4 is 5.91 Å². The molecule has 1 amide bonds. The molecule has 1 aromatic heterocycles. The number of H-pyrrole nitrogens is 1. The fourth-order valence-corrected chi connectivity index (χ4v) is 4.15. The van der Waals surface area contributed by atoms with E-state index in [1.165, 1.54) is 6.42 Å². The first kappa shape index (κ1) is 13.6. The van der Waals surface area contributed by atoms with E-state index in [0.717, 1.165) is 44.7 Å². The molecule has 0 aliphatic carbocycles. The number of imidazole rings is 1. The van der Waals surface area contributed by atoms with Crippen LogP contribution in [0.5, 0.6) is 0 Å². The monoisotopic (exact) mass is 276 g/mol. The smallest absolute Gasteiger partial charge is 0.219 e. The van der Waals surface area contributed by atoms with Gasteiger partial charge in [-0.15, -0.1) is 0 Å². The molecule has 2 fully saturated rings. The third-order valence-corrected chi connectivity index (χ3v) is 5.05. The number of amides is 1. The molecule has 110 valence electrons. The largest absolute Gasteiger partial charge is 0.348 e. The summed E-state index contributed by atoms with van der Waals surface area (Å²) in [5.41, 5.74) is -0.00503. The highest BCUT2D eigenvalue weighted by Gasteiger charge is 2.48. The maximum absolute atomic E-state index is 12.0. The van der Waals surface area contributed by atoms with Gasteiger partial charge in [-0.1, -0.05) is 0 Å². The van der Waals surface area contributed by atoms with E-state index < -0.39 is 0 Å². The molecule has 0 spiro atoms. The second-order valence-electron chi connectivity index (χ2n) is 6.30. The lowest BCUT2D eigenvalue weighted by Crippen LogP contribution is -2.66. The van der Waals surface area contributed by atoms with Crippen molar-refractivity contribution in [2.45, 2.75) is 57.7 Å². The van der Waals surface area contributed by atoms with Gasteiger partial charge in [0, 0.05) is 31.9 Å². The van der Waals surface area contributed by atoms with Crippen molar-refractivity contribution in [2.75, 3.05) is 13.1 Å². The van der Waals surface area contributed by atoms with Crippen LogP contribution in [0.2, 0.25) is 0 Å². The molecule has 0 unspecified atom stereocenters. The Bertz CT molecular complexity index is 472. The van der Waals surface area contributed by atoms with Crippen LogP contribution in [-0.4, -0.2) is 50.3 Å².